The Morgan fingerprint density at radius 1 is 0.936 bits per heavy atom. The molecule has 7 heteroatoms. The molecular weight excluding hydrogens is 592 g/mol. The fraction of sp³-hybridized carbons (Fsp3) is 0.700. The van der Waals surface area contributed by atoms with Crippen LogP contribution in [0.4, 0.5) is 0 Å². The number of esters is 1. The van der Waals surface area contributed by atoms with E-state index in [0.717, 1.165) is 51.4 Å². The van der Waals surface area contributed by atoms with E-state index in [0.29, 0.717) is 23.7 Å². The molecule has 0 aliphatic heterocycles. The molecule has 4 fully saturated rings. The minimum absolute atomic E-state index is 0.0260. The highest BCUT2D eigenvalue weighted by atomic mass is 16.6. The van der Waals surface area contributed by atoms with Crippen molar-refractivity contribution in [2.75, 3.05) is 7.11 Å². The number of phenolic OH excluding ortho intramolecular Hbond substituents is 1. The van der Waals surface area contributed by atoms with Crippen molar-refractivity contribution < 1.29 is 34.4 Å². The van der Waals surface area contributed by atoms with Crippen molar-refractivity contribution in [1.29, 1.82) is 0 Å². The molecule has 47 heavy (non-hydrogen) atoms. The highest BCUT2D eigenvalue weighted by Gasteiger charge is 2.70. The topological polar surface area (TPSA) is 113 Å². The molecule has 0 saturated heterocycles. The number of benzene rings is 1. The van der Waals surface area contributed by atoms with Crippen molar-refractivity contribution in [3.63, 3.8) is 0 Å². The number of allylic oxidation sites excluding steroid dienone is 2. The molecule has 3 N–H and O–H groups in total. The molecule has 0 amide bonds. The average molecular weight is 649 g/mol. The van der Waals surface area contributed by atoms with Gasteiger partial charge in [0.25, 0.3) is 0 Å². The monoisotopic (exact) mass is 648 g/mol. The third-order valence-corrected chi connectivity index (χ3v) is 14.8. The molecule has 0 aromatic heterocycles. The van der Waals surface area contributed by atoms with E-state index in [1.165, 1.54) is 24.8 Å². The number of aliphatic carboxylic acids is 1. The summed E-state index contributed by atoms with van der Waals surface area (Å²) in [6.45, 7) is 16.2. The minimum atomic E-state index is -0.803. The number of fused-ring (bicyclic) bond motifs is 7. The molecule has 9 atom stereocenters. The SMILES string of the molecule is COc1cc(/C=C/C(=O)O[C@H]2[C@H](O)C[C@]3(C)C4CC=C5C6CC(C)(C)CC[C@]6(C(=O)O)CC[C@@]5(C)[C@]4(C)CC[C@H]3C2(C)C)ccc1O. The summed E-state index contributed by atoms with van der Waals surface area (Å²) in [7, 11) is 1.48. The summed E-state index contributed by atoms with van der Waals surface area (Å²) in [5, 5.41) is 32.3. The quantitative estimate of drug-likeness (QED) is 0.168. The largest absolute Gasteiger partial charge is 0.504 e. The van der Waals surface area contributed by atoms with Gasteiger partial charge in [-0.15, -0.1) is 0 Å². The first-order valence-electron chi connectivity index (χ1n) is 17.7. The van der Waals surface area contributed by atoms with E-state index < -0.39 is 35.0 Å². The number of carboxylic acid groups (broad SMARTS) is 1. The van der Waals surface area contributed by atoms with Crippen molar-refractivity contribution in [3.05, 3.63) is 41.5 Å². The summed E-state index contributed by atoms with van der Waals surface area (Å²) in [5.41, 5.74) is 0.812. The maximum atomic E-state index is 13.1. The zero-order valence-corrected chi connectivity index (χ0v) is 29.7. The standard InChI is InChI=1S/C40H56O7/c1-35(2)17-19-40(34(44)45)20-18-38(6)25(26(40)22-35)11-13-31-37(5)23-28(42)33(36(3,4)30(37)15-16-39(31,38)7)47-32(43)14-10-24-9-12-27(41)29(21-24)46-8/h9-12,14,21,26,28,30-31,33,41-42H,13,15-20,22-23H2,1-8H3,(H,44,45)/b14-10+/t26?,28-,30+,31?,33+,37+,38-,39-,40+/m1/s1. The molecule has 4 saturated carbocycles. The molecule has 1 aromatic carbocycles. The molecule has 5 aliphatic rings. The van der Waals surface area contributed by atoms with Gasteiger partial charge in [0, 0.05) is 11.5 Å². The maximum absolute atomic E-state index is 13.1. The number of aromatic hydroxyl groups is 1. The fourth-order valence-corrected chi connectivity index (χ4v) is 12.1. The highest BCUT2D eigenvalue weighted by Crippen LogP contribution is 2.75. The van der Waals surface area contributed by atoms with Crippen LogP contribution in [-0.4, -0.2) is 46.6 Å². The summed E-state index contributed by atoms with van der Waals surface area (Å²) < 4.78 is 11.3. The lowest BCUT2D eigenvalue weighted by Crippen LogP contribution is -2.67. The molecule has 258 valence electrons. The van der Waals surface area contributed by atoms with Gasteiger partial charge < -0.3 is 24.8 Å². The van der Waals surface area contributed by atoms with Gasteiger partial charge in [0.2, 0.25) is 0 Å². The number of hydrogen-bond donors (Lipinski definition) is 3. The molecule has 6 rings (SSSR count). The Labute approximate surface area is 280 Å². The van der Waals surface area contributed by atoms with Gasteiger partial charge in [-0.3, -0.25) is 4.79 Å². The summed E-state index contributed by atoms with van der Waals surface area (Å²) in [4.78, 5) is 26.1. The lowest BCUT2D eigenvalue weighted by molar-refractivity contribution is -0.238. The molecule has 7 nitrogen and oxygen atoms in total. The lowest BCUT2D eigenvalue weighted by Gasteiger charge is -2.71. The molecule has 2 unspecified atom stereocenters. The first-order chi connectivity index (χ1) is 21.8. The van der Waals surface area contributed by atoms with Gasteiger partial charge in [-0.25, -0.2) is 4.79 Å². The number of ether oxygens (including phenoxy) is 2. The summed E-state index contributed by atoms with van der Waals surface area (Å²) in [6, 6.07) is 4.86. The summed E-state index contributed by atoms with van der Waals surface area (Å²) in [5.74, 6) is -0.128. The number of aliphatic hydroxyl groups excluding tert-OH is 1. The van der Waals surface area contributed by atoms with Crippen LogP contribution in [0.15, 0.2) is 35.9 Å². The van der Waals surface area contributed by atoms with E-state index in [2.05, 4.69) is 54.5 Å². The first kappa shape index (κ1) is 34.1. The number of hydrogen-bond acceptors (Lipinski definition) is 6. The molecular formula is C40H56O7. The fourth-order valence-electron chi connectivity index (χ4n) is 12.1. The molecule has 0 bridgehead atoms. The second-order valence-electron chi connectivity index (χ2n) is 17.9. The first-order valence-corrected chi connectivity index (χ1v) is 17.7. The Hall–Kier alpha value is -2.80. The van der Waals surface area contributed by atoms with E-state index in [-0.39, 0.29) is 39.2 Å². The zero-order chi connectivity index (χ0) is 34.4. The summed E-state index contributed by atoms with van der Waals surface area (Å²) >= 11 is 0. The Kier molecular flexibility index (Phi) is 8.06. The van der Waals surface area contributed by atoms with Crippen LogP contribution in [0, 0.1) is 50.2 Å². The van der Waals surface area contributed by atoms with E-state index >= 15 is 0 Å². The lowest BCUT2D eigenvalue weighted by atomic mass is 9.33. The van der Waals surface area contributed by atoms with Crippen LogP contribution in [0.2, 0.25) is 0 Å². The zero-order valence-electron chi connectivity index (χ0n) is 29.7. The van der Waals surface area contributed by atoms with Gasteiger partial charge in [0.05, 0.1) is 18.6 Å². The normalized spacial score (nSPS) is 41.8. The van der Waals surface area contributed by atoms with Gasteiger partial charge in [-0.05, 0) is 121 Å². The van der Waals surface area contributed by atoms with Crippen molar-refractivity contribution in [1.82, 2.24) is 0 Å². The number of phenols is 1. The second-order valence-corrected chi connectivity index (χ2v) is 17.9. The smallest absolute Gasteiger partial charge is 0.331 e. The van der Waals surface area contributed by atoms with Gasteiger partial charge in [0.1, 0.15) is 6.10 Å². The molecule has 0 radical (unpaired) electrons. The number of aliphatic hydroxyl groups is 1. The van der Waals surface area contributed by atoms with E-state index in [4.69, 9.17) is 9.47 Å². The van der Waals surface area contributed by atoms with Crippen LogP contribution >= 0.6 is 0 Å². The highest BCUT2D eigenvalue weighted by molar-refractivity contribution is 5.87. The van der Waals surface area contributed by atoms with Crippen LogP contribution in [0.5, 0.6) is 11.5 Å². The maximum Gasteiger partial charge on any atom is 0.331 e. The number of carboxylic acids is 1. The van der Waals surface area contributed by atoms with Crippen molar-refractivity contribution in [3.8, 4) is 11.5 Å². The molecule has 0 heterocycles. The van der Waals surface area contributed by atoms with E-state index in [1.54, 1.807) is 18.2 Å². The predicted octanol–water partition coefficient (Wildman–Crippen LogP) is 8.18. The predicted molar refractivity (Wildman–Crippen MR) is 182 cm³/mol. The number of methoxy groups -OCH3 is 1. The molecule has 1 aromatic rings. The van der Waals surface area contributed by atoms with Gasteiger partial charge in [0.15, 0.2) is 11.5 Å². The van der Waals surface area contributed by atoms with Crippen molar-refractivity contribution in [2.24, 2.45) is 50.2 Å². The van der Waals surface area contributed by atoms with E-state index in [1.807, 2.05) is 0 Å². The number of rotatable bonds is 5. The average Bonchev–Trinajstić information content (AvgIpc) is 2.98. The Morgan fingerprint density at radius 2 is 1.64 bits per heavy atom. The van der Waals surface area contributed by atoms with Crippen molar-refractivity contribution >= 4 is 18.0 Å². The van der Waals surface area contributed by atoms with Gasteiger partial charge >= 0.3 is 11.9 Å². The Bertz CT molecular complexity index is 1510. The van der Waals surface area contributed by atoms with Crippen LogP contribution in [-0.2, 0) is 14.3 Å². The van der Waals surface area contributed by atoms with Crippen LogP contribution < -0.4 is 4.74 Å². The Morgan fingerprint density at radius 3 is 2.32 bits per heavy atom. The van der Waals surface area contributed by atoms with Crippen LogP contribution in [0.3, 0.4) is 0 Å². The third kappa shape index (κ3) is 4.99. The third-order valence-electron chi connectivity index (χ3n) is 14.8. The van der Waals surface area contributed by atoms with Gasteiger partial charge in [-0.2, -0.15) is 0 Å². The Balaban J connectivity index is 1.27. The second kappa shape index (κ2) is 11.1. The van der Waals surface area contributed by atoms with E-state index in [9.17, 15) is 24.9 Å². The van der Waals surface area contributed by atoms with Crippen LogP contribution in [0.1, 0.15) is 112 Å². The van der Waals surface area contributed by atoms with Crippen LogP contribution in [0.25, 0.3) is 6.08 Å². The number of carbonyl (C=O) groups excluding carboxylic acids is 1. The van der Waals surface area contributed by atoms with Gasteiger partial charge in [-0.1, -0.05) is 66.2 Å². The molecule has 5 aliphatic carbocycles. The van der Waals surface area contributed by atoms with Crippen molar-refractivity contribution in [2.45, 2.75) is 118 Å². The molecule has 0 spiro atoms. The number of carbonyl (C=O) groups is 2. The minimum Gasteiger partial charge on any atom is -0.504 e. The summed E-state index contributed by atoms with van der Waals surface area (Å²) in [6.07, 6.45) is 11.7.